The summed E-state index contributed by atoms with van der Waals surface area (Å²) in [5, 5.41) is 4.87. The van der Waals surface area contributed by atoms with Crippen molar-refractivity contribution >= 4 is 10.9 Å². The van der Waals surface area contributed by atoms with Gasteiger partial charge >= 0.3 is 0 Å². The van der Waals surface area contributed by atoms with Crippen molar-refractivity contribution < 1.29 is 4.74 Å². The average Bonchev–Trinajstić information content (AvgIpc) is 2.97. The molecule has 21 heavy (non-hydrogen) atoms. The predicted molar refractivity (Wildman–Crippen MR) is 92.0 cm³/mol. The molecule has 2 heterocycles. The van der Waals surface area contributed by atoms with Crippen LogP contribution in [0.3, 0.4) is 0 Å². The number of nitrogens with zero attached hydrogens (tertiary/aromatic N) is 2. The summed E-state index contributed by atoms with van der Waals surface area (Å²) in [5.74, 6) is 2.06. The Kier molecular flexibility index (Phi) is 4.56. The first-order valence-corrected chi connectivity index (χ1v) is 9.13. The summed E-state index contributed by atoms with van der Waals surface area (Å²) in [7, 11) is 3.76. The molecule has 3 rings (SSSR count). The quantitative estimate of drug-likeness (QED) is 0.862. The highest BCUT2D eigenvalue weighted by atomic mass is 32.2. The number of rotatable bonds is 4. The third kappa shape index (κ3) is 3.63. The van der Waals surface area contributed by atoms with Gasteiger partial charge < -0.3 is 14.5 Å². The molecule has 0 radical (unpaired) electrons. The largest absolute Gasteiger partial charge is 0.497 e. The monoisotopic (exact) mass is 304 g/mol. The Morgan fingerprint density at radius 1 is 1.10 bits per heavy atom. The van der Waals surface area contributed by atoms with Crippen molar-refractivity contribution in [1.29, 1.82) is 0 Å². The smallest absolute Gasteiger partial charge is 0.118 e. The van der Waals surface area contributed by atoms with Crippen molar-refractivity contribution in [2.24, 2.45) is 0 Å². The van der Waals surface area contributed by atoms with Crippen molar-refractivity contribution in [1.82, 2.24) is 9.80 Å². The van der Waals surface area contributed by atoms with E-state index in [0.29, 0.717) is 0 Å². The van der Waals surface area contributed by atoms with E-state index in [9.17, 15) is 0 Å². The normalized spacial score (nSPS) is 24.2. The van der Waals surface area contributed by atoms with Gasteiger partial charge in [0.15, 0.2) is 0 Å². The van der Waals surface area contributed by atoms with Crippen LogP contribution < -0.4 is 4.74 Å². The second kappa shape index (κ2) is 6.58. The molecular formula is C17H24N2OS. The molecule has 0 spiro atoms. The summed E-state index contributed by atoms with van der Waals surface area (Å²) >= 11 is 0. The zero-order valence-electron chi connectivity index (χ0n) is 12.8. The molecule has 2 aliphatic heterocycles. The van der Waals surface area contributed by atoms with Gasteiger partial charge in [-0.05, 0) is 41.6 Å². The van der Waals surface area contributed by atoms with E-state index in [1.54, 1.807) is 7.11 Å². The summed E-state index contributed by atoms with van der Waals surface area (Å²) in [4.78, 5) is 4.92. The van der Waals surface area contributed by atoms with Crippen LogP contribution in [0.15, 0.2) is 46.9 Å². The number of piperazine rings is 1. The number of likely N-dealkylation sites (N-methyl/N-ethyl adjacent to an activating group) is 1. The predicted octanol–water partition coefficient (Wildman–Crippen LogP) is 2.81. The highest BCUT2D eigenvalue weighted by Gasteiger charge is 2.17. The van der Waals surface area contributed by atoms with Crippen LogP contribution >= 0.6 is 10.9 Å². The van der Waals surface area contributed by atoms with Gasteiger partial charge in [-0.15, -0.1) is 0 Å². The number of ether oxygens (including phenoxy) is 1. The Bertz CT molecular complexity index is 530. The van der Waals surface area contributed by atoms with Gasteiger partial charge in [-0.25, -0.2) is 10.9 Å². The Morgan fingerprint density at radius 3 is 2.48 bits per heavy atom. The van der Waals surface area contributed by atoms with E-state index in [0.717, 1.165) is 24.6 Å². The van der Waals surface area contributed by atoms with Crippen LogP contribution in [0.2, 0.25) is 0 Å². The number of hydrogen-bond acceptors (Lipinski definition) is 3. The van der Waals surface area contributed by atoms with E-state index in [2.05, 4.69) is 58.0 Å². The van der Waals surface area contributed by atoms with Crippen LogP contribution in [0.4, 0.5) is 0 Å². The van der Waals surface area contributed by atoms with E-state index >= 15 is 0 Å². The molecule has 1 aromatic rings. The Labute approximate surface area is 130 Å². The number of hydrogen-bond donors (Lipinski definition) is 1. The maximum atomic E-state index is 5.21. The van der Waals surface area contributed by atoms with Gasteiger partial charge in [-0.2, -0.15) is 0 Å². The van der Waals surface area contributed by atoms with Gasteiger partial charge in [0.2, 0.25) is 0 Å². The molecule has 0 amide bonds. The number of methoxy groups -OCH3 is 1. The molecule has 0 N–H and O–H groups in total. The highest BCUT2D eigenvalue weighted by molar-refractivity contribution is 8.21. The minimum absolute atomic E-state index is 0.149. The minimum atomic E-state index is -0.149. The van der Waals surface area contributed by atoms with Crippen molar-refractivity contribution in [2.45, 2.75) is 5.75 Å². The van der Waals surface area contributed by atoms with Gasteiger partial charge in [-0.3, -0.25) is 0 Å². The molecule has 114 valence electrons. The standard InChI is InChI=1S/C17H24N2OS/c1-18-8-10-19(11-9-18)16-7-12-21(14-16)13-15-3-5-17(20-2)6-4-15/h3-7,12,14,21H,8-11,13H2,1-2H3. The molecule has 1 aromatic carbocycles. The topological polar surface area (TPSA) is 15.7 Å². The van der Waals surface area contributed by atoms with E-state index in [1.165, 1.54) is 24.4 Å². The van der Waals surface area contributed by atoms with Crippen molar-refractivity contribution in [3.8, 4) is 5.75 Å². The Morgan fingerprint density at radius 2 is 1.81 bits per heavy atom. The maximum Gasteiger partial charge on any atom is 0.118 e. The number of allylic oxidation sites excluding steroid dienone is 1. The third-order valence-corrected chi connectivity index (χ3v) is 5.99. The van der Waals surface area contributed by atoms with E-state index in [-0.39, 0.29) is 10.9 Å². The van der Waals surface area contributed by atoms with E-state index in [4.69, 9.17) is 4.74 Å². The van der Waals surface area contributed by atoms with Crippen molar-refractivity contribution in [3.05, 3.63) is 52.4 Å². The van der Waals surface area contributed by atoms with Gasteiger partial charge in [-0.1, -0.05) is 12.1 Å². The lowest BCUT2D eigenvalue weighted by atomic mass is 10.2. The molecule has 0 bridgehead atoms. The zero-order valence-corrected chi connectivity index (χ0v) is 13.7. The summed E-state index contributed by atoms with van der Waals surface area (Å²) in [6.45, 7) is 4.64. The molecule has 1 unspecified atom stereocenters. The van der Waals surface area contributed by atoms with Gasteiger partial charge in [0, 0.05) is 37.6 Å². The van der Waals surface area contributed by atoms with Crippen LogP contribution in [-0.2, 0) is 5.75 Å². The number of benzene rings is 1. The molecule has 4 heteroatoms. The second-order valence-corrected chi connectivity index (χ2v) is 7.58. The first-order valence-electron chi connectivity index (χ1n) is 7.47. The van der Waals surface area contributed by atoms with Crippen molar-refractivity contribution in [2.75, 3.05) is 40.3 Å². The second-order valence-electron chi connectivity index (χ2n) is 5.68. The highest BCUT2D eigenvalue weighted by Crippen LogP contribution is 2.40. The Hall–Kier alpha value is -1.39. The summed E-state index contributed by atoms with van der Waals surface area (Å²) < 4.78 is 5.21. The van der Waals surface area contributed by atoms with Crippen LogP contribution in [0.25, 0.3) is 0 Å². The van der Waals surface area contributed by atoms with Crippen molar-refractivity contribution in [3.63, 3.8) is 0 Å². The minimum Gasteiger partial charge on any atom is -0.497 e. The Balaban J connectivity index is 1.59. The molecule has 0 saturated carbocycles. The summed E-state index contributed by atoms with van der Waals surface area (Å²) in [5.41, 5.74) is 2.82. The molecule has 1 fully saturated rings. The SMILES string of the molecule is COc1ccc(C[SH]2C=CC(N3CCN(C)CC3)=C2)cc1. The van der Waals surface area contributed by atoms with Crippen LogP contribution in [0.1, 0.15) is 5.56 Å². The third-order valence-electron chi connectivity index (χ3n) is 4.13. The maximum absolute atomic E-state index is 5.21. The van der Waals surface area contributed by atoms with Crippen LogP contribution in [0, 0.1) is 0 Å². The van der Waals surface area contributed by atoms with Crippen LogP contribution in [-0.4, -0.2) is 50.1 Å². The van der Waals surface area contributed by atoms with Gasteiger partial charge in [0.25, 0.3) is 0 Å². The molecule has 2 aliphatic rings. The van der Waals surface area contributed by atoms with E-state index in [1.807, 2.05) is 0 Å². The lowest BCUT2D eigenvalue weighted by Crippen LogP contribution is -2.43. The van der Waals surface area contributed by atoms with Gasteiger partial charge in [0.1, 0.15) is 5.75 Å². The zero-order chi connectivity index (χ0) is 14.7. The van der Waals surface area contributed by atoms with Gasteiger partial charge in [0.05, 0.1) is 7.11 Å². The molecule has 3 nitrogen and oxygen atoms in total. The molecule has 0 aromatic heterocycles. The fourth-order valence-electron chi connectivity index (χ4n) is 2.72. The lowest BCUT2D eigenvalue weighted by molar-refractivity contribution is 0.190. The first kappa shape index (κ1) is 14.5. The van der Waals surface area contributed by atoms with E-state index < -0.39 is 0 Å². The fraction of sp³-hybridized carbons (Fsp3) is 0.412. The molecule has 1 saturated heterocycles. The lowest BCUT2D eigenvalue weighted by Gasteiger charge is -2.34. The summed E-state index contributed by atoms with van der Waals surface area (Å²) in [6.07, 6.45) is 2.32. The average molecular weight is 304 g/mol. The van der Waals surface area contributed by atoms with Crippen LogP contribution in [0.5, 0.6) is 5.75 Å². The molecular weight excluding hydrogens is 280 g/mol. The molecule has 1 atom stereocenters. The summed E-state index contributed by atoms with van der Waals surface area (Å²) in [6, 6.07) is 8.46. The first-order chi connectivity index (χ1) is 10.2. The fourth-order valence-corrected chi connectivity index (χ4v) is 4.57. The molecule has 0 aliphatic carbocycles. The number of thiol groups is 1.